The highest BCUT2D eigenvalue weighted by molar-refractivity contribution is 5.96. The molecular weight excluding hydrogens is 398 g/mol. The lowest BCUT2D eigenvalue weighted by Crippen LogP contribution is -2.26. The molecule has 1 N–H and O–H groups in total. The van der Waals surface area contributed by atoms with Crippen molar-refractivity contribution < 1.29 is 19.0 Å². The molecule has 4 rings (SSSR count). The second kappa shape index (κ2) is 8.20. The number of aromatic nitrogens is 2. The van der Waals surface area contributed by atoms with Crippen LogP contribution in [0.4, 0.5) is 11.4 Å². The maximum atomic E-state index is 11.8. The Bertz CT molecular complexity index is 1200. The number of ether oxygens (including phenoxy) is 3. The van der Waals surface area contributed by atoms with Crippen molar-refractivity contribution in [3.05, 3.63) is 53.6 Å². The molecule has 156 valence electrons. The standard InChI is InChI=1S/C22H19N5O4/c1-13-9-17(8-7-14(13)11-23)30-21-19-20(29-12-18(28)24-19)25-22(26-21)31-16-6-4-5-15(10-16)27(2)3/h4-10H,12H2,1-3H3,(H,24,28). The fourth-order valence-electron chi connectivity index (χ4n) is 2.91. The summed E-state index contributed by atoms with van der Waals surface area (Å²) in [5.41, 5.74) is 2.45. The number of aryl methyl sites for hydroxylation is 1. The molecule has 2 aromatic carbocycles. The van der Waals surface area contributed by atoms with E-state index < -0.39 is 0 Å². The van der Waals surface area contributed by atoms with Crippen LogP contribution in [0, 0.1) is 18.3 Å². The number of nitrogens with zero attached hydrogens (tertiary/aromatic N) is 4. The Labute approximate surface area is 178 Å². The van der Waals surface area contributed by atoms with Crippen molar-refractivity contribution in [2.24, 2.45) is 0 Å². The first-order chi connectivity index (χ1) is 14.9. The van der Waals surface area contributed by atoms with Crippen molar-refractivity contribution in [1.82, 2.24) is 9.97 Å². The Kier molecular flexibility index (Phi) is 5.28. The monoisotopic (exact) mass is 417 g/mol. The largest absolute Gasteiger partial charge is 0.466 e. The highest BCUT2D eigenvalue weighted by Gasteiger charge is 2.26. The molecule has 0 radical (unpaired) electrons. The molecule has 1 aliphatic heterocycles. The molecule has 0 fully saturated rings. The zero-order valence-electron chi connectivity index (χ0n) is 17.2. The van der Waals surface area contributed by atoms with Gasteiger partial charge in [0.2, 0.25) is 5.88 Å². The number of carbonyl (C=O) groups excluding carboxylic acids is 1. The summed E-state index contributed by atoms with van der Waals surface area (Å²) in [7, 11) is 3.85. The quantitative estimate of drug-likeness (QED) is 0.670. The van der Waals surface area contributed by atoms with E-state index in [0.29, 0.717) is 17.1 Å². The van der Waals surface area contributed by atoms with Gasteiger partial charge in [-0.3, -0.25) is 4.79 Å². The van der Waals surface area contributed by atoms with E-state index in [-0.39, 0.29) is 36.0 Å². The van der Waals surface area contributed by atoms with E-state index in [4.69, 9.17) is 19.5 Å². The third-order valence-electron chi connectivity index (χ3n) is 4.50. The fraction of sp³-hybridized carbons (Fsp3) is 0.182. The van der Waals surface area contributed by atoms with Crippen LogP contribution in [-0.4, -0.2) is 36.6 Å². The molecule has 1 aliphatic rings. The Hall–Kier alpha value is -4.32. The maximum Gasteiger partial charge on any atom is 0.328 e. The van der Waals surface area contributed by atoms with Crippen LogP contribution in [0.3, 0.4) is 0 Å². The highest BCUT2D eigenvalue weighted by Crippen LogP contribution is 2.39. The van der Waals surface area contributed by atoms with Gasteiger partial charge in [0.05, 0.1) is 11.6 Å². The molecule has 1 aromatic heterocycles. The Balaban J connectivity index is 1.70. The molecule has 2 heterocycles. The molecule has 0 unspecified atom stereocenters. The minimum Gasteiger partial charge on any atom is -0.466 e. The van der Waals surface area contributed by atoms with E-state index in [0.717, 1.165) is 11.3 Å². The predicted molar refractivity (Wildman–Crippen MR) is 113 cm³/mol. The van der Waals surface area contributed by atoms with Crippen LogP contribution in [-0.2, 0) is 4.79 Å². The van der Waals surface area contributed by atoms with Crippen LogP contribution in [0.15, 0.2) is 42.5 Å². The summed E-state index contributed by atoms with van der Waals surface area (Å²) in [5, 5.41) is 11.8. The minimum atomic E-state index is -0.343. The number of nitriles is 1. The molecule has 31 heavy (non-hydrogen) atoms. The molecule has 0 bridgehead atoms. The van der Waals surface area contributed by atoms with Crippen molar-refractivity contribution in [3.8, 4) is 35.3 Å². The summed E-state index contributed by atoms with van der Waals surface area (Å²) in [6.07, 6.45) is 0. The fourth-order valence-corrected chi connectivity index (χ4v) is 2.91. The van der Waals surface area contributed by atoms with Crippen LogP contribution in [0.1, 0.15) is 11.1 Å². The Morgan fingerprint density at radius 1 is 1.13 bits per heavy atom. The van der Waals surface area contributed by atoms with Gasteiger partial charge in [0.15, 0.2) is 12.3 Å². The normalized spacial score (nSPS) is 12.1. The summed E-state index contributed by atoms with van der Waals surface area (Å²) in [6, 6.07) is 14.5. The van der Waals surface area contributed by atoms with Gasteiger partial charge < -0.3 is 24.4 Å². The SMILES string of the molecule is Cc1cc(Oc2nc(Oc3cccc(N(C)C)c3)nc3c2NC(=O)CO3)ccc1C#N. The average Bonchev–Trinajstić information content (AvgIpc) is 2.74. The van der Waals surface area contributed by atoms with E-state index in [9.17, 15) is 4.79 Å². The molecule has 0 aliphatic carbocycles. The zero-order valence-corrected chi connectivity index (χ0v) is 17.2. The van der Waals surface area contributed by atoms with Gasteiger partial charge in [0.1, 0.15) is 11.5 Å². The lowest BCUT2D eigenvalue weighted by Gasteiger charge is -2.20. The summed E-state index contributed by atoms with van der Waals surface area (Å²) in [5.74, 6) is 0.850. The van der Waals surface area contributed by atoms with E-state index in [1.807, 2.05) is 37.2 Å². The van der Waals surface area contributed by atoms with Crippen LogP contribution < -0.4 is 24.4 Å². The van der Waals surface area contributed by atoms with E-state index in [2.05, 4.69) is 21.4 Å². The Morgan fingerprint density at radius 3 is 2.68 bits per heavy atom. The number of anilines is 2. The minimum absolute atomic E-state index is 0.00571. The summed E-state index contributed by atoms with van der Waals surface area (Å²) in [6.45, 7) is 1.63. The van der Waals surface area contributed by atoms with Gasteiger partial charge in [-0.25, -0.2) is 0 Å². The van der Waals surface area contributed by atoms with Gasteiger partial charge >= 0.3 is 6.01 Å². The first-order valence-electron chi connectivity index (χ1n) is 9.41. The Morgan fingerprint density at radius 2 is 1.94 bits per heavy atom. The van der Waals surface area contributed by atoms with Crippen LogP contribution in [0.2, 0.25) is 0 Å². The van der Waals surface area contributed by atoms with Gasteiger partial charge in [-0.2, -0.15) is 15.2 Å². The summed E-state index contributed by atoms with van der Waals surface area (Å²) >= 11 is 0. The second-order valence-electron chi connectivity index (χ2n) is 7.01. The van der Waals surface area contributed by atoms with Gasteiger partial charge in [0.25, 0.3) is 11.8 Å². The van der Waals surface area contributed by atoms with E-state index >= 15 is 0 Å². The average molecular weight is 417 g/mol. The van der Waals surface area contributed by atoms with Crippen LogP contribution in [0.5, 0.6) is 29.3 Å². The third-order valence-corrected chi connectivity index (χ3v) is 4.50. The van der Waals surface area contributed by atoms with Gasteiger partial charge in [-0.15, -0.1) is 0 Å². The van der Waals surface area contributed by atoms with Crippen LogP contribution >= 0.6 is 0 Å². The zero-order chi connectivity index (χ0) is 22.0. The molecule has 0 saturated heterocycles. The first-order valence-corrected chi connectivity index (χ1v) is 9.41. The second-order valence-corrected chi connectivity index (χ2v) is 7.01. The highest BCUT2D eigenvalue weighted by atomic mass is 16.5. The van der Waals surface area contributed by atoms with Gasteiger partial charge in [0, 0.05) is 25.8 Å². The molecular formula is C22H19N5O4. The van der Waals surface area contributed by atoms with Crippen molar-refractivity contribution in [1.29, 1.82) is 5.26 Å². The summed E-state index contributed by atoms with van der Waals surface area (Å²) < 4.78 is 17.2. The lowest BCUT2D eigenvalue weighted by atomic mass is 10.1. The van der Waals surface area contributed by atoms with E-state index in [1.54, 1.807) is 31.2 Å². The van der Waals surface area contributed by atoms with Crippen molar-refractivity contribution in [2.45, 2.75) is 6.92 Å². The number of amides is 1. The van der Waals surface area contributed by atoms with Crippen molar-refractivity contribution in [2.75, 3.05) is 30.9 Å². The number of hydrogen-bond donors (Lipinski definition) is 1. The maximum absolute atomic E-state index is 11.8. The molecule has 3 aromatic rings. The lowest BCUT2D eigenvalue weighted by molar-refractivity contribution is -0.118. The summed E-state index contributed by atoms with van der Waals surface area (Å²) in [4.78, 5) is 22.4. The third kappa shape index (κ3) is 4.33. The molecule has 9 heteroatoms. The van der Waals surface area contributed by atoms with Crippen LogP contribution in [0.25, 0.3) is 0 Å². The van der Waals surface area contributed by atoms with Gasteiger partial charge in [-0.1, -0.05) is 6.07 Å². The molecule has 1 amide bonds. The molecule has 0 atom stereocenters. The predicted octanol–water partition coefficient (Wildman–Crippen LogP) is 3.64. The number of carbonyl (C=O) groups is 1. The molecule has 9 nitrogen and oxygen atoms in total. The van der Waals surface area contributed by atoms with E-state index in [1.165, 1.54) is 0 Å². The van der Waals surface area contributed by atoms with Crippen molar-refractivity contribution >= 4 is 17.3 Å². The number of benzene rings is 2. The number of rotatable bonds is 5. The topological polar surface area (TPSA) is 110 Å². The molecule has 0 spiro atoms. The smallest absolute Gasteiger partial charge is 0.328 e. The molecule has 0 saturated carbocycles. The van der Waals surface area contributed by atoms with Gasteiger partial charge in [-0.05, 0) is 42.8 Å². The first kappa shape index (κ1) is 20.0. The number of nitrogens with one attached hydrogen (secondary N) is 1. The number of hydrogen-bond acceptors (Lipinski definition) is 8. The number of fused-ring (bicyclic) bond motifs is 1. The van der Waals surface area contributed by atoms with Crippen molar-refractivity contribution in [3.63, 3.8) is 0 Å².